The maximum Gasteiger partial charge on any atom is 0.222 e. The molecule has 0 aliphatic carbocycles. The van der Waals surface area contributed by atoms with Gasteiger partial charge in [-0.2, -0.15) is 0 Å². The Hall–Kier alpha value is -0.610. The summed E-state index contributed by atoms with van der Waals surface area (Å²) < 4.78 is 5.91. The summed E-state index contributed by atoms with van der Waals surface area (Å²) in [5, 5.41) is 3.40. The highest BCUT2D eigenvalue weighted by Crippen LogP contribution is 2.26. The minimum absolute atomic E-state index is 0.261. The predicted octanol–water partition coefficient (Wildman–Crippen LogP) is 2.68. The molecule has 2 rings (SSSR count). The summed E-state index contributed by atoms with van der Waals surface area (Å²) in [4.78, 5) is 14.5. The Morgan fingerprint density at radius 3 is 2.64 bits per heavy atom. The van der Waals surface area contributed by atoms with Gasteiger partial charge >= 0.3 is 0 Å². The van der Waals surface area contributed by atoms with E-state index >= 15 is 0 Å². The number of nitrogens with zero attached hydrogens (tertiary/aromatic N) is 1. The fourth-order valence-corrected chi connectivity index (χ4v) is 3.55. The number of carbonyl (C=O) groups excluding carboxylic acids is 1. The number of ether oxygens (including phenoxy) is 1. The number of likely N-dealkylation sites (tertiary alicyclic amines) is 1. The molecule has 1 N–H and O–H groups in total. The number of carbonyl (C=O) groups is 1. The van der Waals surface area contributed by atoms with Crippen LogP contribution in [0.5, 0.6) is 0 Å². The molecule has 1 amide bonds. The lowest BCUT2D eigenvalue weighted by Crippen LogP contribution is -2.35. The van der Waals surface area contributed by atoms with Crippen molar-refractivity contribution in [2.24, 2.45) is 17.8 Å². The third-order valence-corrected chi connectivity index (χ3v) is 5.23. The van der Waals surface area contributed by atoms with Crippen LogP contribution in [0, 0.1) is 17.8 Å². The average molecular weight is 310 g/mol. The monoisotopic (exact) mass is 310 g/mol. The van der Waals surface area contributed by atoms with Gasteiger partial charge < -0.3 is 15.0 Å². The minimum Gasteiger partial charge on any atom is -0.376 e. The van der Waals surface area contributed by atoms with Gasteiger partial charge in [-0.15, -0.1) is 0 Å². The smallest absolute Gasteiger partial charge is 0.222 e. The molecule has 128 valence electrons. The van der Waals surface area contributed by atoms with Gasteiger partial charge in [-0.25, -0.2) is 0 Å². The van der Waals surface area contributed by atoms with Gasteiger partial charge in [-0.05, 0) is 56.5 Å². The Morgan fingerprint density at radius 1 is 1.23 bits per heavy atom. The van der Waals surface area contributed by atoms with Crippen LogP contribution in [0.25, 0.3) is 0 Å². The second-order valence-electron chi connectivity index (χ2n) is 7.57. The highest BCUT2D eigenvalue weighted by Gasteiger charge is 2.29. The van der Waals surface area contributed by atoms with E-state index in [4.69, 9.17) is 4.74 Å². The van der Waals surface area contributed by atoms with Crippen molar-refractivity contribution >= 4 is 5.91 Å². The third kappa shape index (κ3) is 5.54. The molecule has 2 unspecified atom stereocenters. The zero-order valence-corrected chi connectivity index (χ0v) is 14.6. The van der Waals surface area contributed by atoms with Crippen molar-refractivity contribution in [1.82, 2.24) is 10.2 Å². The molecule has 22 heavy (non-hydrogen) atoms. The first-order valence-electron chi connectivity index (χ1n) is 9.16. The highest BCUT2D eigenvalue weighted by atomic mass is 16.5. The van der Waals surface area contributed by atoms with Crippen LogP contribution in [0.15, 0.2) is 0 Å². The summed E-state index contributed by atoms with van der Waals surface area (Å²) in [6.45, 7) is 11.4. The standard InChI is InChI=1S/C18H34N2O2/c1-14(2)7-11-22-17-6-10-20(13-17)18(21)12-15(3)16-4-8-19-9-5-16/h14-17,19H,4-13H2,1-3H3. The van der Waals surface area contributed by atoms with Gasteiger partial charge in [-0.3, -0.25) is 4.79 Å². The number of hydrogen-bond acceptors (Lipinski definition) is 3. The Bertz CT molecular complexity index is 340. The van der Waals surface area contributed by atoms with E-state index in [1.807, 2.05) is 4.90 Å². The van der Waals surface area contributed by atoms with Crippen LogP contribution in [0.2, 0.25) is 0 Å². The van der Waals surface area contributed by atoms with E-state index < -0.39 is 0 Å². The van der Waals surface area contributed by atoms with E-state index in [-0.39, 0.29) is 6.10 Å². The fourth-order valence-electron chi connectivity index (χ4n) is 3.55. The number of hydrogen-bond donors (Lipinski definition) is 1. The Kier molecular flexibility index (Phi) is 7.16. The van der Waals surface area contributed by atoms with Crippen molar-refractivity contribution in [2.45, 2.75) is 59.0 Å². The molecule has 2 atom stereocenters. The first kappa shape index (κ1) is 17.7. The highest BCUT2D eigenvalue weighted by molar-refractivity contribution is 5.76. The molecule has 0 aromatic rings. The second kappa shape index (κ2) is 8.88. The second-order valence-corrected chi connectivity index (χ2v) is 7.57. The lowest BCUT2D eigenvalue weighted by molar-refractivity contribution is -0.132. The van der Waals surface area contributed by atoms with Crippen LogP contribution >= 0.6 is 0 Å². The fraction of sp³-hybridized carbons (Fsp3) is 0.944. The number of rotatable bonds is 7. The van der Waals surface area contributed by atoms with Crippen molar-refractivity contribution in [2.75, 3.05) is 32.8 Å². The topological polar surface area (TPSA) is 41.6 Å². The maximum atomic E-state index is 12.5. The van der Waals surface area contributed by atoms with Crippen molar-refractivity contribution < 1.29 is 9.53 Å². The summed E-state index contributed by atoms with van der Waals surface area (Å²) in [5.41, 5.74) is 0. The predicted molar refractivity (Wildman–Crippen MR) is 89.8 cm³/mol. The number of nitrogens with one attached hydrogen (secondary N) is 1. The van der Waals surface area contributed by atoms with Crippen molar-refractivity contribution in [3.63, 3.8) is 0 Å². The van der Waals surface area contributed by atoms with Crippen LogP contribution in [0.3, 0.4) is 0 Å². The van der Waals surface area contributed by atoms with E-state index in [0.29, 0.717) is 30.1 Å². The Morgan fingerprint density at radius 2 is 1.95 bits per heavy atom. The summed E-state index contributed by atoms with van der Waals surface area (Å²) in [6.07, 6.45) is 5.52. The van der Waals surface area contributed by atoms with E-state index in [1.54, 1.807) is 0 Å². The van der Waals surface area contributed by atoms with Crippen LogP contribution in [-0.4, -0.2) is 49.7 Å². The zero-order chi connectivity index (χ0) is 15.9. The molecule has 0 spiro atoms. The average Bonchev–Trinajstić information content (AvgIpc) is 2.96. The summed E-state index contributed by atoms with van der Waals surface area (Å²) in [5.74, 6) is 2.24. The maximum absolute atomic E-state index is 12.5. The largest absolute Gasteiger partial charge is 0.376 e. The van der Waals surface area contributed by atoms with Crippen LogP contribution in [-0.2, 0) is 9.53 Å². The molecular formula is C18H34N2O2. The van der Waals surface area contributed by atoms with Gasteiger partial charge in [0.15, 0.2) is 0 Å². The molecule has 2 fully saturated rings. The molecule has 4 heteroatoms. The Balaban J connectivity index is 1.67. The van der Waals surface area contributed by atoms with E-state index in [2.05, 4.69) is 26.1 Å². The first-order valence-corrected chi connectivity index (χ1v) is 9.16. The molecule has 2 aliphatic rings. The van der Waals surface area contributed by atoms with Gasteiger partial charge in [0, 0.05) is 26.1 Å². The van der Waals surface area contributed by atoms with Crippen molar-refractivity contribution in [1.29, 1.82) is 0 Å². The summed E-state index contributed by atoms with van der Waals surface area (Å²) in [6, 6.07) is 0. The molecule has 0 saturated carbocycles. The third-order valence-electron chi connectivity index (χ3n) is 5.23. The van der Waals surface area contributed by atoms with E-state index in [9.17, 15) is 4.79 Å². The molecule has 2 heterocycles. The molecule has 0 radical (unpaired) electrons. The van der Waals surface area contributed by atoms with Gasteiger partial charge in [0.05, 0.1) is 6.10 Å². The molecular weight excluding hydrogens is 276 g/mol. The normalized spacial score (nSPS) is 24.9. The number of amides is 1. The van der Waals surface area contributed by atoms with Gasteiger partial charge in [0.25, 0.3) is 0 Å². The zero-order valence-electron chi connectivity index (χ0n) is 14.6. The lowest BCUT2D eigenvalue weighted by atomic mass is 9.84. The van der Waals surface area contributed by atoms with Gasteiger partial charge in [-0.1, -0.05) is 20.8 Å². The molecule has 4 nitrogen and oxygen atoms in total. The lowest BCUT2D eigenvalue weighted by Gasteiger charge is -2.29. The van der Waals surface area contributed by atoms with E-state index in [0.717, 1.165) is 45.6 Å². The van der Waals surface area contributed by atoms with Gasteiger partial charge in [0.1, 0.15) is 0 Å². The molecule has 2 aliphatic heterocycles. The van der Waals surface area contributed by atoms with Gasteiger partial charge in [0.2, 0.25) is 5.91 Å². The minimum atomic E-state index is 0.261. The molecule has 2 saturated heterocycles. The summed E-state index contributed by atoms with van der Waals surface area (Å²) in [7, 11) is 0. The molecule has 0 bridgehead atoms. The number of piperidine rings is 1. The molecule has 0 aromatic heterocycles. The van der Waals surface area contributed by atoms with Crippen LogP contribution in [0.4, 0.5) is 0 Å². The first-order chi connectivity index (χ1) is 10.6. The van der Waals surface area contributed by atoms with Crippen molar-refractivity contribution in [3.8, 4) is 0 Å². The summed E-state index contributed by atoms with van der Waals surface area (Å²) >= 11 is 0. The van der Waals surface area contributed by atoms with E-state index in [1.165, 1.54) is 12.8 Å². The molecule has 0 aromatic carbocycles. The SMILES string of the molecule is CC(C)CCOC1CCN(C(=O)CC(C)C2CCNCC2)C1. The van der Waals surface area contributed by atoms with Crippen LogP contribution in [0.1, 0.15) is 52.9 Å². The quantitative estimate of drug-likeness (QED) is 0.786. The Labute approximate surface area is 136 Å². The van der Waals surface area contributed by atoms with Crippen LogP contribution < -0.4 is 5.32 Å². The van der Waals surface area contributed by atoms with Crippen molar-refractivity contribution in [3.05, 3.63) is 0 Å².